The van der Waals surface area contributed by atoms with Crippen molar-refractivity contribution in [3.8, 4) is 11.5 Å². The van der Waals surface area contributed by atoms with E-state index in [0.29, 0.717) is 31.3 Å². The van der Waals surface area contributed by atoms with Crippen molar-refractivity contribution in [1.82, 2.24) is 10.6 Å². The van der Waals surface area contributed by atoms with Gasteiger partial charge in [-0.3, -0.25) is 9.59 Å². The van der Waals surface area contributed by atoms with Gasteiger partial charge in [0.25, 0.3) is 11.8 Å². The molecule has 6 nitrogen and oxygen atoms in total. The maximum Gasteiger partial charge on any atom is 0.263 e. The van der Waals surface area contributed by atoms with Gasteiger partial charge >= 0.3 is 0 Å². The Morgan fingerprint density at radius 2 is 1.19 bits per heavy atom. The molecule has 5 rings (SSSR count). The summed E-state index contributed by atoms with van der Waals surface area (Å²) in [6.07, 6.45) is 3.48. The number of halogens is 2. The van der Waals surface area contributed by atoms with Crippen LogP contribution in [0.1, 0.15) is 45.0 Å². The molecule has 2 amide bonds. The number of hydrogen-bond acceptors (Lipinski definition) is 6. The molecule has 2 atom stereocenters. The van der Waals surface area contributed by atoms with Crippen LogP contribution in [0.2, 0.25) is 10.0 Å². The summed E-state index contributed by atoms with van der Waals surface area (Å²) >= 11 is 15.8. The third-order valence-corrected chi connectivity index (χ3v) is 9.80. The van der Waals surface area contributed by atoms with Gasteiger partial charge in [-0.2, -0.15) is 0 Å². The fourth-order valence-corrected chi connectivity index (χ4v) is 7.48. The number of carbonyl (C=O) groups is 2. The molecule has 2 unspecified atom stereocenters. The van der Waals surface area contributed by atoms with Gasteiger partial charge in [-0.25, -0.2) is 0 Å². The molecule has 0 bridgehead atoms. The molecule has 10 heteroatoms. The van der Waals surface area contributed by atoms with E-state index in [2.05, 4.69) is 10.6 Å². The average molecular weight is 564 g/mol. The first kappa shape index (κ1) is 25.1. The van der Waals surface area contributed by atoms with Gasteiger partial charge in [0.15, 0.2) is 0 Å². The smallest absolute Gasteiger partial charge is 0.263 e. The molecule has 2 aromatic carbocycles. The molecule has 4 aromatic rings. The van der Waals surface area contributed by atoms with Gasteiger partial charge in [-0.05, 0) is 49.2 Å². The van der Waals surface area contributed by atoms with Crippen LogP contribution in [0, 0.1) is 0 Å². The summed E-state index contributed by atoms with van der Waals surface area (Å²) < 4.78 is 12.3. The lowest BCUT2D eigenvalue weighted by Crippen LogP contribution is -2.53. The SMILES string of the molecule is COc1ccc2c(Cl)c(C(=O)NC3CCCCC3NC(=O)c3sc4cc(OC)ccc4c3Cl)sc2c1. The molecule has 1 aliphatic carbocycles. The van der Waals surface area contributed by atoms with Gasteiger partial charge in [0.2, 0.25) is 0 Å². The third kappa shape index (κ3) is 4.75. The summed E-state index contributed by atoms with van der Waals surface area (Å²) in [5, 5.41) is 8.74. The maximum atomic E-state index is 13.2. The number of carbonyl (C=O) groups excluding carboxylic acids is 2. The van der Waals surface area contributed by atoms with E-state index in [9.17, 15) is 9.59 Å². The van der Waals surface area contributed by atoms with Crippen LogP contribution in [-0.4, -0.2) is 38.1 Å². The van der Waals surface area contributed by atoms with Crippen molar-refractivity contribution in [3.05, 3.63) is 56.2 Å². The Labute approximate surface area is 226 Å². The molecule has 2 aromatic heterocycles. The standard InChI is InChI=1S/C26H24Cl2N2O4S2/c1-33-13-7-9-15-19(11-13)35-23(21(15)27)25(31)29-17-5-3-4-6-18(17)30-26(32)24-22(28)16-10-8-14(34-2)12-20(16)36-24/h7-12,17-18H,3-6H2,1-2H3,(H,29,31)(H,30,32). The number of amides is 2. The molecule has 1 fully saturated rings. The zero-order valence-corrected chi connectivity index (χ0v) is 22.8. The topological polar surface area (TPSA) is 76.7 Å². The molecule has 0 radical (unpaired) electrons. The fourth-order valence-electron chi connectivity index (χ4n) is 4.58. The van der Waals surface area contributed by atoms with Crippen LogP contribution in [0.3, 0.4) is 0 Å². The first-order valence-corrected chi connectivity index (χ1v) is 13.9. The first-order valence-electron chi connectivity index (χ1n) is 11.5. The molecule has 1 aliphatic rings. The van der Waals surface area contributed by atoms with Gasteiger partial charge in [0.05, 0.1) is 24.3 Å². The molecule has 188 valence electrons. The van der Waals surface area contributed by atoms with Crippen LogP contribution in [0.15, 0.2) is 36.4 Å². The summed E-state index contributed by atoms with van der Waals surface area (Å²) in [7, 11) is 3.20. The number of benzene rings is 2. The number of nitrogens with one attached hydrogen (secondary N) is 2. The van der Waals surface area contributed by atoms with Crippen molar-refractivity contribution in [2.45, 2.75) is 37.8 Å². The average Bonchev–Trinajstić information content (AvgIpc) is 3.40. The Morgan fingerprint density at radius 3 is 1.58 bits per heavy atom. The fraction of sp³-hybridized carbons (Fsp3) is 0.308. The van der Waals surface area contributed by atoms with Crippen molar-refractivity contribution >= 4 is 77.9 Å². The largest absolute Gasteiger partial charge is 0.497 e. The Balaban J connectivity index is 1.34. The maximum absolute atomic E-state index is 13.2. The minimum absolute atomic E-state index is 0.209. The molecule has 2 heterocycles. The Hall–Kier alpha value is -2.52. The minimum Gasteiger partial charge on any atom is -0.497 e. The van der Waals surface area contributed by atoms with E-state index in [1.54, 1.807) is 14.2 Å². The van der Waals surface area contributed by atoms with E-state index >= 15 is 0 Å². The molecule has 2 N–H and O–H groups in total. The van der Waals surface area contributed by atoms with Crippen LogP contribution in [-0.2, 0) is 0 Å². The van der Waals surface area contributed by atoms with Crippen LogP contribution < -0.4 is 20.1 Å². The Bertz CT molecular complexity index is 1360. The first-order chi connectivity index (χ1) is 17.4. The third-order valence-electron chi connectivity index (χ3n) is 6.48. The van der Waals surface area contributed by atoms with Crippen molar-refractivity contribution in [3.63, 3.8) is 0 Å². The lowest BCUT2D eigenvalue weighted by molar-refractivity contribution is 0.0867. The summed E-state index contributed by atoms with van der Waals surface area (Å²) in [6, 6.07) is 10.7. The Kier molecular flexibility index (Phi) is 7.30. The lowest BCUT2D eigenvalue weighted by atomic mass is 9.90. The number of hydrogen-bond donors (Lipinski definition) is 2. The van der Waals surface area contributed by atoms with Crippen LogP contribution >= 0.6 is 45.9 Å². The zero-order chi connectivity index (χ0) is 25.4. The van der Waals surface area contributed by atoms with Gasteiger partial charge in [0, 0.05) is 32.3 Å². The highest BCUT2D eigenvalue weighted by Crippen LogP contribution is 2.39. The highest BCUT2D eigenvalue weighted by molar-refractivity contribution is 7.22. The molecule has 0 spiro atoms. The molecule has 36 heavy (non-hydrogen) atoms. The van der Waals surface area contributed by atoms with E-state index in [-0.39, 0.29) is 23.9 Å². The van der Waals surface area contributed by atoms with Crippen LogP contribution in [0.4, 0.5) is 0 Å². The summed E-state index contributed by atoms with van der Waals surface area (Å²) in [6.45, 7) is 0. The van der Waals surface area contributed by atoms with E-state index in [1.807, 2.05) is 36.4 Å². The second-order valence-corrected chi connectivity index (χ2v) is 11.5. The normalized spacial score (nSPS) is 17.8. The summed E-state index contributed by atoms with van der Waals surface area (Å²) in [5.41, 5.74) is 0. The number of rotatable bonds is 6. The van der Waals surface area contributed by atoms with Gasteiger partial charge in [0.1, 0.15) is 21.3 Å². The molecule has 0 saturated heterocycles. The second-order valence-electron chi connectivity index (χ2n) is 8.66. The predicted molar refractivity (Wildman–Crippen MR) is 148 cm³/mol. The number of fused-ring (bicyclic) bond motifs is 2. The Morgan fingerprint density at radius 1 is 0.778 bits per heavy atom. The second kappa shape index (κ2) is 10.5. The van der Waals surface area contributed by atoms with E-state index in [1.165, 1.54) is 22.7 Å². The number of ether oxygens (including phenoxy) is 2. The number of thiophene rings is 2. The van der Waals surface area contributed by atoms with Crippen molar-refractivity contribution < 1.29 is 19.1 Å². The van der Waals surface area contributed by atoms with Gasteiger partial charge in [-0.1, -0.05) is 36.0 Å². The zero-order valence-electron chi connectivity index (χ0n) is 19.7. The van der Waals surface area contributed by atoms with E-state index < -0.39 is 0 Å². The van der Waals surface area contributed by atoms with Crippen LogP contribution in [0.25, 0.3) is 20.2 Å². The van der Waals surface area contributed by atoms with Crippen molar-refractivity contribution in [1.29, 1.82) is 0 Å². The summed E-state index contributed by atoms with van der Waals surface area (Å²) in [4.78, 5) is 27.4. The lowest BCUT2D eigenvalue weighted by Gasteiger charge is -2.32. The molecule has 1 saturated carbocycles. The molecular weight excluding hydrogens is 539 g/mol. The number of methoxy groups -OCH3 is 2. The van der Waals surface area contributed by atoms with Gasteiger partial charge in [-0.15, -0.1) is 22.7 Å². The predicted octanol–water partition coefficient (Wildman–Crippen LogP) is 6.91. The quantitative estimate of drug-likeness (QED) is 0.267. The molecule has 0 aliphatic heterocycles. The van der Waals surface area contributed by atoms with E-state index in [4.69, 9.17) is 32.7 Å². The van der Waals surface area contributed by atoms with Gasteiger partial charge < -0.3 is 20.1 Å². The van der Waals surface area contributed by atoms with Crippen LogP contribution in [0.5, 0.6) is 11.5 Å². The van der Waals surface area contributed by atoms with Crippen molar-refractivity contribution in [2.24, 2.45) is 0 Å². The minimum atomic E-state index is -0.238. The highest BCUT2D eigenvalue weighted by atomic mass is 35.5. The summed E-state index contributed by atoms with van der Waals surface area (Å²) in [5.74, 6) is 0.943. The van der Waals surface area contributed by atoms with E-state index in [0.717, 1.165) is 45.9 Å². The molecular formula is C26H24Cl2N2O4S2. The highest BCUT2D eigenvalue weighted by Gasteiger charge is 2.31. The van der Waals surface area contributed by atoms with Crippen molar-refractivity contribution in [2.75, 3.05) is 14.2 Å². The monoisotopic (exact) mass is 562 g/mol.